The summed E-state index contributed by atoms with van der Waals surface area (Å²) < 4.78 is 4.96. The highest BCUT2D eigenvalue weighted by atomic mass is 35.5. The Hall–Kier alpha value is -1.29. The van der Waals surface area contributed by atoms with Crippen molar-refractivity contribution in [2.45, 2.75) is 6.61 Å². The standard InChI is InChI=1S/C7H4ClNO3/c8-5-1-4-3-12-7(4)2-6(5)9(10)11/h1-2H,3H2. The number of fused-ring (bicyclic) bond motifs is 1. The zero-order chi connectivity index (χ0) is 8.72. The molecule has 5 heteroatoms. The quantitative estimate of drug-likeness (QED) is 0.498. The van der Waals surface area contributed by atoms with Gasteiger partial charge in [0.2, 0.25) is 0 Å². The van der Waals surface area contributed by atoms with E-state index in [9.17, 15) is 10.1 Å². The van der Waals surface area contributed by atoms with Crippen LogP contribution in [0.25, 0.3) is 0 Å². The van der Waals surface area contributed by atoms with Crippen molar-refractivity contribution in [2.24, 2.45) is 0 Å². The van der Waals surface area contributed by atoms with E-state index >= 15 is 0 Å². The molecule has 1 heterocycles. The molecule has 0 spiro atoms. The molecule has 4 nitrogen and oxygen atoms in total. The Labute approximate surface area is 72.9 Å². The highest BCUT2D eigenvalue weighted by Gasteiger charge is 2.22. The fourth-order valence-corrected chi connectivity index (χ4v) is 1.30. The summed E-state index contributed by atoms with van der Waals surface area (Å²) in [4.78, 5) is 9.85. The van der Waals surface area contributed by atoms with E-state index in [2.05, 4.69) is 0 Å². The minimum atomic E-state index is -0.524. The smallest absolute Gasteiger partial charge is 0.291 e. The molecule has 0 saturated heterocycles. The molecule has 0 unspecified atom stereocenters. The molecule has 2 rings (SSSR count). The Morgan fingerprint density at radius 1 is 1.58 bits per heavy atom. The Kier molecular flexibility index (Phi) is 1.44. The fourth-order valence-electron chi connectivity index (χ4n) is 1.05. The number of halogens is 1. The van der Waals surface area contributed by atoms with Crippen molar-refractivity contribution in [3.63, 3.8) is 0 Å². The van der Waals surface area contributed by atoms with E-state index < -0.39 is 4.92 Å². The molecule has 0 radical (unpaired) electrons. The van der Waals surface area contributed by atoms with Gasteiger partial charge in [-0.25, -0.2) is 0 Å². The lowest BCUT2D eigenvalue weighted by atomic mass is 10.1. The van der Waals surface area contributed by atoms with E-state index in [1.54, 1.807) is 6.07 Å². The predicted octanol–water partition coefficient (Wildman–Crippen LogP) is 2.14. The van der Waals surface area contributed by atoms with Gasteiger partial charge in [0.1, 0.15) is 17.4 Å². The largest absolute Gasteiger partial charge is 0.488 e. The van der Waals surface area contributed by atoms with Crippen molar-refractivity contribution in [1.82, 2.24) is 0 Å². The number of ether oxygens (including phenoxy) is 1. The van der Waals surface area contributed by atoms with Gasteiger partial charge < -0.3 is 4.74 Å². The van der Waals surface area contributed by atoms with Crippen molar-refractivity contribution in [3.8, 4) is 5.75 Å². The van der Waals surface area contributed by atoms with Crippen LogP contribution in [0, 0.1) is 10.1 Å². The molecule has 62 valence electrons. The van der Waals surface area contributed by atoms with Crippen molar-refractivity contribution in [1.29, 1.82) is 0 Å². The molecular weight excluding hydrogens is 182 g/mol. The van der Waals surface area contributed by atoms with Crippen LogP contribution in [0.3, 0.4) is 0 Å². The number of hydrogen-bond donors (Lipinski definition) is 0. The van der Waals surface area contributed by atoms with Crippen molar-refractivity contribution < 1.29 is 9.66 Å². The average molecular weight is 186 g/mol. The van der Waals surface area contributed by atoms with E-state index in [0.717, 1.165) is 5.56 Å². The Morgan fingerprint density at radius 2 is 2.33 bits per heavy atom. The normalized spacial score (nSPS) is 12.8. The molecule has 0 amide bonds. The van der Waals surface area contributed by atoms with Gasteiger partial charge in [-0.15, -0.1) is 0 Å². The minimum absolute atomic E-state index is 0.102. The van der Waals surface area contributed by atoms with E-state index in [4.69, 9.17) is 16.3 Å². The topological polar surface area (TPSA) is 52.4 Å². The van der Waals surface area contributed by atoms with Crippen molar-refractivity contribution in [3.05, 3.63) is 32.8 Å². The van der Waals surface area contributed by atoms with E-state index in [1.807, 2.05) is 0 Å². The number of hydrogen-bond acceptors (Lipinski definition) is 3. The van der Waals surface area contributed by atoms with E-state index in [0.29, 0.717) is 12.4 Å². The Morgan fingerprint density at radius 3 is 2.83 bits per heavy atom. The van der Waals surface area contributed by atoms with Gasteiger partial charge in [0.05, 0.1) is 11.0 Å². The predicted molar refractivity (Wildman–Crippen MR) is 42.4 cm³/mol. The molecule has 0 fully saturated rings. The maximum absolute atomic E-state index is 10.4. The van der Waals surface area contributed by atoms with Gasteiger partial charge in [-0.05, 0) is 6.07 Å². The third-order valence-corrected chi connectivity index (χ3v) is 2.01. The van der Waals surface area contributed by atoms with Gasteiger partial charge in [0.25, 0.3) is 5.69 Å². The molecule has 0 aliphatic carbocycles. The lowest BCUT2D eigenvalue weighted by Crippen LogP contribution is -2.09. The van der Waals surface area contributed by atoms with Crippen LogP contribution >= 0.6 is 11.6 Å². The molecule has 0 saturated carbocycles. The first kappa shape index (κ1) is 7.36. The lowest BCUT2D eigenvalue weighted by Gasteiger charge is -2.19. The van der Waals surface area contributed by atoms with Gasteiger partial charge in [-0.3, -0.25) is 10.1 Å². The van der Waals surface area contributed by atoms with E-state index in [1.165, 1.54) is 6.07 Å². The van der Waals surface area contributed by atoms with E-state index in [-0.39, 0.29) is 10.7 Å². The summed E-state index contributed by atoms with van der Waals surface area (Å²) in [6.45, 7) is 0.493. The number of rotatable bonds is 1. The zero-order valence-corrected chi connectivity index (χ0v) is 6.67. The number of nitrogens with zero attached hydrogens (tertiary/aromatic N) is 1. The third-order valence-electron chi connectivity index (χ3n) is 1.71. The van der Waals surface area contributed by atoms with Gasteiger partial charge in [-0.1, -0.05) is 11.6 Å². The molecule has 1 aliphatic rings. The van der Waals surface area contributed by atoms with Crippen LogP contribution in [0.5, 0.6) is 5.75 Å². The van der Waals surface area contributed by atoms with Crippen LogP contribution in [0.4, 0.5) is 5.69 Å². The molecule has 12 heavy (non-hydrogen) atoms. The summed E-state index contributed by atoms with van der Waals surface area (Å²) in [7, 11) is 0. The molecule has 1 aromatic carbocycles. The van der Waals surface area contributed by atoms with Crippen LogP contribution in [-0.4, -0.2) is 4.92 Å². The summed E-state index contributed by atoms with van der Waals surface area (Å²) in [6, 6.07) is 2.92. The maximum Gasteiger partial charge on any atom is 0.291 e. The summed E-state index contributed by atoms with van der Waals surface area (Å²) >= 11 is 5.63. The van der Waals surface area contributed by atoms with Crippen LogP contribution in [0.2, 0.25) is 5.02 Å². The van der Waals surface area contributed by atoms with Crippen LogP contribution < -0.4 is 4.74 Å². The number of nitro benzene ring substituents is 1. The van der Waals surface area contributed by atoms with Gasteiger partial charge >= 0.3 is 0 Å². The molecule has 0 aromatic heterocycles. The van der Waals surface area contributed by atoms with Crippen LogP contribution in [0.1, 0.15) is 5.56 Å². The average Bonchev–Trinajstić information content (AvgIpc) is 1.96. The Bertz CT molecular complexity index is 364. The lowest BCUT2D eigenvalue weighted by molar-refractivity contribution is -0.384. The van der Waals surface area contributed by atoms with Gasteiger partial charge in [-0.2, -0.15) is 0 Å². The molecule has 0 atom stereocenters. The van der Waals surface area contributed by atoms with Gasteiger partial charge in [0, 0.05) is 5.56 Å². The number of nitro groups is 1. The molecule has 0 N–H and O–H groups in total. The maximum atomic E-state index is 10.4. The first-order chi connectivity index (χ1) is 5.68. The monoisotopic (exact) mass is 185 g/mol. The molecule has 1 aromatic rings. The third kappa shape index (κ3) is 0.921. The fraction of sp³-hybridized carbons (Fsp3) is 0.143. The summed E-state index contributed by atoms with van der Waals surface area (Å²) in [5, 5.41) is 10.5. The summed E-state index contributed by atoms with van der Waals surface area (Å²) in [6.07, 6.45) is 0. The highest BCUT2D eigenvalue weighted by Crippen LogP contribution is 2.37. The second-order valence-electron chi connectivity index (χ2n) is 2.46. The van der Waals surface area contributed by atoms with Crippen molar-refractivity contribution >= 4 is 17.3 Å². The van der Waals surface area contributed by atoms with Crippen LogP contribution in [-0.2, 0) is 6.61 Å². The van der Waals surface area contributed by atoms with Gasteiger partial charge in [0.15, 0.2) is 0 Å². The van der Waals surface area contributed by atoms with Crippen molar-refractivity contribution in [2.75, 3.05) is 0 Å². The Balaban J connectivity index is 2.56. The first-order valence-corrected chi connectivity index (χ1v) is 3.66. The zero-order valence-electron chi connectivity index (χ0n) is 5.91. The number of benzene rings is 1. The molecular formula is C7H4ClNO3. The molecule has 0 bridgehead atoms. The second kappa shape index (κ2) is 2.35. The minimum Gasteiger partial charge on any atom is -0.488 e. The summed E-state index contributed by atoms with van der Waals surface area (Å²) in [5.41, 5.74) is 0.820. The SMILES string of the molecule is O=[N+]([O-])c1cc2c(cc1Cl)CO2. The first-order valence-electron chi connectivity index (χ1n) is 3.28. The second-order valence-corrected chi connectivity index (χ2v) is 2.86. The molecule has 1 aliphatic heterocycles. The van der Waals surface area contributed by atoms with Crippen LogP contribution in [0.15, 0.2) is 12.1 Å². The highest BCUT2D eigenvalue weighted by molar-refractivity contribution is 6.32. The summed E-state index contributed by atoms with van der Waals surface area (Å²) in [5.74, 6) is 0.561.